The molecule has 2 heterocycles. The molecule has 3 aromatic rings. The molecule has 2 aromatic carbocycles. The van der Waals surface area contributed by atoms with Crippen molar-refractivity contribution in [2.24, 2.45) is 0 Å². The molecule has 4 rings (SSSR count). The fraction of sp³-hybridized carbons (Fsp3) is 0.300. The topological polar surface area (TPSA) is 11.4 Å². The smallest absolute Gasteiger partial charge is 0.0752 e. The molecule has 0 atom stereocenters. The van der Waals surface area contributed by atoms with Gasteiger partial charge in [-0.15, -0.1) is 0 Å². The summed E-state index contributed by atoms with van der Waals surface area (Å²) < 4.78 is 2.39. The van der Waals surface area contributed by atoms with E-state index in [1.807, 2.05) is 0 Å². The highest BCUT2D eigenvalue weighted by Gasteiger charge is 2.17. The predicted molar refractivity (Wildman–Crippen MR) is 96.9 cm³/mol. The summed E-state index contributed by atoms with van der Waals surface area (Å²) in [5.41, 5.74) is 4.05. The van der Waals surface area contributed by atoms with Crippen molar-refractivity contribution in [1.82, 2.24) is 9.47 Å². The highest BCUT2D eigenvalue weighted by Crippen LogP contribution is 2.21. The molecule has 0 radical (unpaired) electrons. The van der Waals surface area contributed by atoms with Crippen LogP contribution in [-0.4, -0.2) is 35.6 Å². The Morgan fingerprint density at radius 3 is 2.30 bits per heavy atom. The lowest BCUT2D eigenvalue weighted by atomic mass is 10.2. The Morgan fingerprint density at radius 2 is 1.52 bits per heavy atom. The molecular weight excluding hydrogens is 282 g/mol. The number of aromatic nitrogens is 1. The third kappa shape index (κ3) is 2.84. The summed E-state index contributed by atoms with van der Waals surface area (Å²) >= 11 is 0. The summed E-state index contributed by atoms with van der Waals surface area (Å²) in [5, 5.41) is 1.37. The molecule has 1 aromatic heterocycles. The van der Waals surface area contributed by atoms with Crippen LogP contribution in [-0.2, 0) is 6.67 Å². The Hall–Kier alpha value is -2.26. The minimum Gasteiger partial charge on any atom is -0.369 e. The molecule has 0 bridgehead atoms. The van der Waals surface area contributed by atoms with Crippen LogP contribution in [0.15, 0.2) is 60.8 Å². The van der Waals surface area contributed by atoms with Crippen molar-refractivity contribution in [1.29, 1.82) is 0 Å². The van der Waals surface area contributed by atoms with Gasteiger partial charge >= 0.3 is 0 Å². The van der Waals surface area contributed by atoms with Gasteiger partial charge in [0.2, 0.25) is 0 Å². The number of benzene rings is 2. The molecule has 1 aliphatic rings. The van der Waals surface area contributed by atoms with Crippen LogP contribution in [0.3, 0.4) is 0 Å². The summed E-state index contributed by atoms with van der Waals surface area (Å²) in [5.74, 6) is 0. The molecule has 0 saturated carbocycles. The van der Waals surface area contributed by atoms with E-state index in [0.29, 0.717) is 0 Å². The summed E-state index contributed by atoms with van der Waals surface area (Å²) in [6.07, 6.45) is 2.29. The van der Waals surface area contributed by atoms with Gasteiger partial charge in [-0.05, 0) is 30.7 Å². The zero-order chi connectivity index (χ0) is 15.6. The minimum atomic E-state index is 0.983. The highest BCUT2D eigenvalue weighted by atomic mass is 15.3. The molecule has 0 unspecified atom stereocenters. The number of anilines is 1. The van der Waals surface area contributed by atoms with Crippen LogP contribution in [0, 0.1) is 6.92 Å². The Morgan fingerprint density at radius 1 is 0.826 bits per heavy atom. The quantitative estimate of drug-likeness (QED) is 0.730. The van der Waals surface area contributed by atoms with Crippen LogP contribution in [0.1, 0.15) is 5.56 Å². The second kappa shape index (κ2) is 6.09. The number of hydrogen-bond donors (Lipinski definition) is 0. The maximum absolute atomic E-state index is 2.55. The van der Waals surface area contributed by atoms with E-state index in [2.05, 4.69) is 82.1 Å². The Balaban J connectivity index is 1.45. The standard InChI is InChI=1S/C20H23N3/c1-17-15-23(20-10-6-5-9-19(17)20)16-21-11-13-22(14-12-21)18-7-3-2-4-8-18/h2-10,15H,11-14,16H2,1H3. The Kier molecular flexibility index (Phi) is 3.80. The zero-order valence-corrected chi connectivity index (χ0v) is 13.7. The van der Waals surface area contributed by atoms with E-state index in [9.17, 15) is 0 Å². The van der Waals surface area contributed by atoms with Crippen LogP contribution in [0.5, 0.6) is 0 Å². The number of aryl methyl sites for hydroxylation is 1. The van der Waals surface area contributed by atoms with Gasteiger partial charge in [0.25, 0.3) is 0 Å². The molecular formula is C20H23N3. The molecule has 1 aliphatic heterocycles. The molecule has 0 amide bonds. The van der Waals surface area contributed by atoms with Crippen molar-refractivity contribution < 1.29 is 0 Å². The van der Waals surface area contributed by atoms with Crippen LogP contribution in [0.2, 0.25) is 0 Å². The molecule has 118 valence electrons. The molecule has 3 heteroatoms. The SMILES string of the molecule is Cc1cn(CN2CCN(c3ccccc3)CC2)c2ccccc12. The summed E-state index contributed by atoms with van der Waals surface area (Å²) in [6, 6.07) is 19.4. The van der Waals surface area contributed by atoms with Gasteiger partial charge in [0, 0.05) is 49.0 Å². The van der Waals surface area contributed by atoms with Crippen LogP contribution in [0.4, 0.5) is 5.69 Å². The predicted octanol–water partition coefficient (Wildman–Crippen LogP) is 3.73. The third-order valence-corrected chi connectivity index (χ3v) is 4.83. The van der Waals surface area contributed by atoms with Gasteiger partial charge < -0.3 is 9.47 Å². The molecule has 0 N–H and O–H groups in total. The van der Waals surface area contributed by atoms with E-state index >= 15 is 0 Å². The first-order chi connectivity index (χ1) is 11.3. The monoisotopic (exact) mass is 305 g/mol. The van der Waals surface area contributed by atoms with Crippen molar-refractivity contribution >= 4 is 16.6 Å². The maximum Gasteiger partial charge on any atom is 0.0752 e. The van der Waals surface area contributed by atoms with Crippen molar-refractivity contribution in [3.05, 3.63) is 66.4 Å². The van der Waals surface area contributed by atoms with Gasteiger partial charge in [-0.25, -0.2) is 0 Å². The summed E-state index contributed by atoms with van der Waals surface area (Å²) in [7, 11) is 0. The van der Waals surface area contributed by atoms with Gasteiger partial charge in [0.05, 0.1) is 6.67 Å². The number of para-hydroxylation sites is 2. The lowest BCUT2D eigenvalue weighted by Crippen LogP contribution is -2.46. The number of fused-ring (bicyclic) bond motifs is 1. The summed E-state index contributed by atoms with van der Waals surface area (Å²) in [4.78, 5) is 5.03. The lowest BCUT2D eigenvalue weighted by Gasteiger charge is -2.36. The second-order valence-corrected chi connectivity index (χ2v) is 6.38. The van der Waals surface area contributed by atoms with Crippen molar-refractivity contribution in [3.63, 3.8) is 0 Å². The maximum atomic E-state index is 2.55. The molecule has 3 nitrogen and oxygen atoms in total. The second-order valence-electron chi connectivity index (χ2n) is 6.38. The van der Waals surface area contributed by atoms with E-state index in [0.717, 1.165) is 32.8 Å². The van der Waals surface area contributed by atoms with Crippen LogP contribution >= 0.6 is 0 Å². The molecule has 1 saturated heterocycles. The van der Waals surface area contributed by atoms with Crippen molar-refractivity contribution in [2.75, 3.05) is 31.1 Å². The number of hydrogen-bond acceptors (Lipinski definition) is 2. The van der Waals surface area contributed by atoms with E-state index in [1.54, 1.807) is 0 Å². The first kappa shape index (κ1) is 14.3. The fourth-order valence-electron chi connectivity index (χ4n) is 3.55. The zero-order valence-electron chi connectivity index (χ0n) is 13.7. The highest BCUT2D eigenvalue weighted by molar-refractivity contribution is 5.83. The molecule has 1 fully saturated rings. The van der Waals surface area contributed by atoms with Gasteiger partial charge in [-0.3, -0.25) is 4.90 Å². The Labute approximate surface area is 137 Å². The lowest BCUT2D eigenvalue weighted by molar-refractivity contribution is 0.209. The number of nitrogens with zero attached hydrogens (tertiary/aromatic N) is 3. The van der Waals surface area contributed by atoms with E-state index in [-0.39, 0.29) is 0 Å². The molecule has 0 aliphatic carbocycles. The van der Waals surface area contributed by atoms with E-state index < -0.39 is 0 Å². The van der Waals surface area contributed by atoms with Crippen LogP contribution < -0.4 is 4.90 Å². The Bertz CT molecular complexity index is 783. The average molecular weight is 305 g/mol. The van der Waals surface area contributed by atoms with Gasteiger partial charge in [-0.1, -0.05) is 36.4 Å². The first-order valence-corrected chi connectivity index (χ1v) is 8.38. The number of piperazine rings is 1. The van der Waals surface area contributed by atoms with Gasteiger partial charge in [0.15, 0.2) is 0 Å². The third-order valence-electron chi connectivity index (χ3n) is 4.83. The largest absolute Gasteiger partial charge is 0.369 e. The normalized spacial score (nSPS) is 16.1. The summed E-state index contributed by atoms with van der Waals surface area (Å²) in [6.45, 7) is 7.61. The van der Waals surface area contributed by atoms with Crippen molar-refractivity contribution in [2.45, 2.75) is 13.6 Å². The van der Waals surface area contributed by atoms with E-state index in [4.69, 9.17) is 0 Å². The average Bonchev–Trinajstić information content (AvgIpc) is 2.93. The van der Waals surface area contributed by atoms with Gasteiger partial charge in [-0.2, -0.15) is 0 Å². The van der Waals surface area contributed by atoms with Gasteiger partial charge in [0.1, 0.15) is 0 Å². The van der Waals surface area contributed by atoms with E-state index in [1.165, 1.54) is 22.2 Å². The van der Waals surface area contributed by atoms with Crippen LogP contribution in [0.25, 0.3) is 10.9 Å². The first-order valence-electron chi connectivity index (χ1n) is 8.38. The minimum absolute atomic E-state index is 0.983. The fourth-order valence-corrected chi connectivity index (χ4v) is 3.55. The number of rotatable bonds is 3. The van der Waals surface area contributed by atoms with Crippen molar-refractivity contribution in [3.8, 4) is 0 Å². The molecule has 0 spiro atoms. The molecule has 23 heavy (non-hydrogen) atoms.